The van der Waals surface area contributed by atoms with Crippen LogP contribution in [0.2, 0.25) is 0 Å². The van der Waals surface area contributed by atoms with Crippen LogP contribution < -0.4 is 10.6 Å². The van der Waals surface area contributed by atoms with Gasteiger partial charge in [0.25, 0.3) is 11.8 Å². The zero-order chi connectivity index (χ0) is 15.9. The van der Waals surface area contributed by atoms with E-state index >= 15 is 0 Å². The third-order valence-electron chi connectivity index (χ3n) is 3.39. The van der Waals surface area contributed by atoms with Crippen molar-refractivity contribution in [3.05, 3.63) is 52.8 Å². The summed E-state index contributed by atoms with van der Waals surface area (Å²) in [6.45, 7) is 2.52. The zero-order valence-electron chi connectivity index (χ0n) is 12.8. The zero-order valence-corrected chi connectivity index (χ0v) is 12.8. The largest absolute Gasteiger partial charge is 0.355 e. The Morgan fingerprint density at radius 2 is 1.91 bits per heavy atom. The van der Waals surface area contributed by atoms with Gasteiger partial charge in [-0.2, -0.15) is 5.10 Å². The van der Waals surface area contributed by atoms with Crippen molar-refractivity contribution in [1.82, 2.24) is 20.8 Å². The monoisotopic (exact) mass is 300 g/mol. The van der Waals surface area contributed by atoms with Crippen LogP contribution in [0.1, 0.15) is 39.0 Å². The summed E-state index contributed by atoms with van der Waals surface area (Å²) in [6, 6.07) is 9.09. The third kappa shape index (κ3) is 3.94. The molecule has 0 aliphatic carbocycles. The van der Waals surface area contributed by atoms with E-state index in [1.807, 2.05) is 19.1 Å². The van der Waals surface area contributed by atoms with Crippen LogP contribution in [0.4, 0.5) is 0 Å². The second-order valence-electron chi connectivity index (χ2n) is 4.91. The first kappa shape index (κ1) is 15.8. The summed E-state index contributed by atoms with van der Waals surface area (Å²) < 4.78 is 0. The molecule has 2 amide bonds. The summed E-state index contributed by atoms with van der Waals surface area (Å²) >= 11 is 0. The number of hydrogen-bond donors (Lipinski definition) is 3. The highest BCUT2D eigenvalue weighted by atomic mass is 16.2. The lowest BCUT2D eigenvalue weighted by molar-refractivity contribution is 0.0946. The molecule has 6 nitrogen and oxygen atoms in total. The fourth-order valence-electron chi connectivity index (χ4n) is 2.04. The van der Waals surface area contributed by atoms with Gasteiger partial charge in [0, 0.05) is 24.8 Å². The van der Waals surface area contributed by atoms with E-state index in [0.29, 0.717) is 24.2 Å². The first-order valence-electron chi connectivity index (χ1n) is 7.27. The molecule has 1 heterocycles. The molecule has 2 rings (SSSR count). The Morgan fingerprint density at radius 1 is 1.18 bits per heavy atom. The SMILES string of the molecule is CCc1cc(C(=O)NCCc2ccc(C(=O)NC)cc2)n[nH]1. The van der Waals surface area contributed by atoms with Gasteiger partial charge >= 0.3 is 0 Å². The maximum absolute atomic E-state index is 11.9. The molecular weight excluding hydrogens is 280 g/mol. The standard InChI is InChI=1S/C16H20N4O2/c1-3-13-10-14(20-19-13)16(22)18-9-8-11-4-6-12(7-5-11)15(21)17-2/h4-7,10H,3,8-9H2,1-2H3,(H,17,21)(H,18,22)(H,19,20). The van der Waals surface area contributed by atoms with Crippen LogP contribution in [0.3, 0.4) is 0 Å². The van der Waals surface area contributed by atoms with Crippen molar-refractivity contribution < 1.29 is 9.59 Å². The molecule has 0 unspecified atom stereocenters. The third-order valence-corrected chi connectivity index (χ3v) is 3.39. The Kier molecular flexibility index (Phi) is 5.30. The van der Waals surface area contributed by atoms with E-state index in [0.717, 1.165) is 17.7 Å². The van der Waals surface area contributed by atoms with Gasteiger partial charge in [-0.05, 0) is 36.6 Å². The van der Waals surface area contributed by atoms with Crippen molar-refractivity contribution in [3.63, 3.8) is 0 Å². The van der Waals surface area contributed by atoms with Crippen LogP contribution in [0.25, 0.3) is 0 Å². The second kappa shape index (κ2) is 7.40. The molecule has 0 fully saturated rings. The number of benzene rings is 1. The van der Waals surface area contributed by atoms with Gasteiger partial charge < -0.3 is 10.6 Å². The van der Waals surface area contributed by atoms with E-state index in [-0.39, 0.29) is 11.8 Å². The molecule has 2 aromatic rings. The minimum Gasteiger partial charge on any atom is -0.355 e. The molecule has 1 aromatic carbocycles. The smallest absolute Gasteiger partial charge is 0.271 e. The molecule has 1 aromatic heterocycles. The van der Waals surface area contributed by atoms with Crippen LogP contribution in [0, 0.1) is 0 Å². The van der Waals surface area contributed by atoms with E-state index in [2.05, 4.69) is 20.8 Å². The number of aromatic amines is 1. The summed E-state index contributed by atoms with van der Waals surface area (Å²) in [5.74, 6) is -0.289. The predicted octanol–water partition coefficient (Wildman–Crippen LogP) is 1.30. The molecule has 0 saturated heterocycles. The van der Waals surface area contributed by atoms with E-state index in [9.17, 15) is 9.59 Å². The Hall–Kier alpha value is -2.63. The molecule has 0 saturated carbocycles. The van der Waals surface area contributed by atoms with Crippen LogP contribution in [0.15, 0.2) is 30.3 Å². The van der Waals surface area contributed by atoms with E-state index in [1.165, 1.54) is 0 Å². The molecule has 0 aliphatic rings. The second-order valence-corrected chi connectivity index (χ2v) is 4.91. The number of nitrogens with one attached hydrogen (secondary N) is 3. The fourth-order valence-corrected chi connectivity index (χ4v) is 2.04. The van der Waals surface area contributed by atoms with E-state index in [4.69, 9.17) is 0 Å². The number of aromatic nitrogens is 2. The Morgan fingerprint density at radius 3 is 2.50 bits per heavy atom. The lowest BCUT2D eigenvalue weighted by Crippen LogP contribution is -2.26. The minimum absolute atomic E-state index is 0.106. The first-order chi connectivity index (χ1) is 10.6. The molecule has 6 heteroatoms. The van der Waals surface area contributed by atoms with E-state index in [1.54, 1.807) is 25.2 Å². The maximum Gasteiger partial charge on any atom is 0.271 e. The number of carbonyl (C=O) groups is 2. The predicted molar refractivity (Wildman–Crippen MR) is 83.8 cm³/mol. The Labute approximate surface area is 129 Å². The highest BCUT2D eigenvalue weighted by Crippen LogP contribution is 2.05. The van der Waals surface area contributed by atoms with Gasteiger partial charge in [0.1, 0.15) is 5.69 Å². The first-order valence-corrected chi connectivity index (χ1v) is 7.27. The van der Waals surface area contributed by atoms with Gasteiger partial charge in [0.15, 0.2) is 0 Å². The minimum atomic E-state index is -0.182. The van der Waals surface area contributed by atoms with Crippen molar-refractivity contribution >= 4 is 11.8 Å². The van der Waals surface area contributed by atoms with Gasteiger partial charge in [-0.25, -0.2) is 0 Å². The highest BCUT2D eigenvalue weighted by molar-refractivity contribution is 5.94. The van der Waals surface area contributed by atoms with Crippen molar-refractivity contribution in [2.75, 3.05) is 13.6 Å². The summed E-state index contributed by atoms with van der Waals surface area (Å²) in [5, 5.41) is 12.2. The fraction of sp³-hybridized carbons (Fsp3) is 0.312. The van der Waals surface area contributed by atoms with Crippen LogP contribution in [-0.2, 0) is 12.8 Å². The summed E-state index contributed by atoms with van der Waals surface area (Å²) in [5.41, 5.74) is 3.03. The summed E-state index contributed by atoms with van der Waals surface area (Å²) in [4.78, 5) is 23.3. The van der Waals surface area contributed by atoms with Gasteiger partial charge in [0.05, 0.1) is 0 Å². The van der Waals surface area contributed by atoms with Crippen LogP contribution >= 0.6 is 0 Å². The summed E-state index contributed by atoms with van der Waals surface area (Å²) in [7, 11) is 1.60. The van der Waals surface area contributed by atoms with Gasteiger partial charge in [-0.1, -0.05) is 19.1 Å². The van der Waals surface area contributed by atoms with Crippen molar-refractivity contribution in [1.29, 1.82) is 0 Å². The molecule has 0 bridgehead atoms. The average Bonchev–Trinajstić information content (AvgIpc) is 3.04. The Bertz CT molecular complexity index is 646. The molecule has 0 spiro atoms. The molecular formula is C16H20N4O2. The molecule has 0 atom stereocenters. The quantitative estimate of drug-likeness (QED) is 0.751. The maximum atomic E-state index is 11.9. The van der Waals surface area contributed by atoms with Gasteiger partial charge in [-0.3, -0.25) is 14.7 Å². The van der Waals surface area contributed by atoms with Crippen LogP contribution in [-0.4, -0.2) is 35.6 Å². The normalized spacial score (nSPS) is 10.3. The van der Waals surface area contributed by atoms with Gasteiger partial charge in [-0.15, -0.1) is 0 Å². The number of carbonyl (C=O) groups excluding carboxylic acids is 2. The number of aryl methyl sites for hydroxylation is 1. The van der Waals surface area contributed by atoms with Crippen LogP contribution in [0.5, 0.6) is 0 Å². The van der Waals surface area contributed by atoms with Crippen molar-refractivity contribution in [2.45, 2.75) is 19.8 Å². The molecule has 116 valence electrons. The summed E-state index contributed by atoms with van der Waals surface area (Å²) in [6.07, 6.45) is 1.52. The Balaban J connectivity index is 1.83. The number of hydrogen-bond acceptors (Lipinski definition) is 3. The topological polar surface area (TPSA) is 86.9 Å². The molecule has 0 radical (unpaired) electrons. The molecule has 3 N–H and O–H groups in total. The van der Waals surface area contributed by atoms with E-state index < -0.39 is 0 Å². The molecule has 0 aliphatic heterocycles. The number of rotatable bonds is 6. The van der Waals surface area contributed by atoms with Crippen molar-refractivity contribution in [3.8, 4) is 0 Å². The lowest BCUT2D eigenvalue weighted by atomic mass is 10.1. The number of amides is 2. The molecule has 22 heavy (non-hydrogen) atoms. The average molecular weight is 300 g/mol. The number of nitrogens with zero attached hydrogens (tertiary/aromatic N) is 1. The lowest BCUT2D eigenvalue weighted by Gasteiger charge is -2.05. The highest BCUT2D eigenvalue weighted by Gasteiger charge is 2.09. The van der Waals surface area contributed by atoms with Crippen molar-refractivity contribution in [2.24, 2.45) is 0 Å². The number of H-pyrrole nitrogens is 1. The van der Waals surface area contributed by atoms with Gasteiger partial charge in [0.2, 0.25) is 0 Å².